The van der Waals surface area contributed by atoms with Crippen LogP contribution in [0.5, 0.6) is 0 Å². The van der Waals surface area contributed by atoms with E-state index in [0.717, 1.165) is 15.6 Å². The van der Waals surface area contributed by atoms with Gasteiger partial charge in [0.2, 0.25) is 5.13 Å². The zero-order valence-corrected chi connectivity index (χ0v) is 21.6. The fraction of sp³-hybridized carbons (Fsp3) is 0.360. The van der Waals surface area contributed by atoms with Crippen LogP contribution in [0, 0.1) is 16.7 Å². The van der Waals surface area contributed by atoms with Gasteiger partial charge in [-0.3, -0.25) is 14.7 Å². The van der Waals surface area contributed by atoms with Crippen LogP contribution in [-0.4, -0.2) is 31.2 Å². The first kappa shape index (κ1) is 23.5. The normalized spacial score (nSPS) is 19.9. The third kappa shape index (κ3) is 4.19. The first-order valence-corrected chi connectivity index (χ1v) is 13.1. The number of Topliss-reactive ketones (excluding diaryl/α,β-unsaturated/α-hetero) is 1. The van der Waals surface area contributed by atoms with Crippen molar-refractivity contribution in [2.24, 2.45) is 11.1 Å². The fourth-order valence-corrected chi connectivity index (χ4v) is 6.78. The van der Waals surface area contributed by atoms with Gasteiger partial charge in [-0.15, -0.1) is 10.2 Å². The van der Waals surface area contributed by atoms with Crippen molar-refractivity contribution in [1.29, 1.82) is 5.26 Å². The molecule has 2 N–H and O–H groups in total. The van der Waals surface area contributed by atoms with Crippen LogP contribution in [0.2, 0.25) is 0 Å². The van der Waals surface area contributed by atoms with Gasteiger partial charge in [-0.1, -0.05) is 62.9 Å². The number of anilines is 1. The number of benzene rings is 1. The van der Waals surface area contributed by atoms with Gasteiger partial charge in [-0.05, 0) is 24.0 Å². The first-order chi connectivity index (χ1) is 16.7. The predicted octanol–water partition coefficient (Wildman–Crippen LogP) is 4.92. The summed E-state index contributed by atoms with van der Waals surface area (Å²) in [4.78, 5) is 24.7. The molecule has 0 unspecified atom stereocenters. The van der Waals surface area contributed by atoms with E-state index in [1.54, 1.807) is 22.9 Å². The second-order valence-corrected chi connectivity index (χ2v) is 12.6. The Balaban J connectivity index is 1.72. The Labute approximate surface area is 212 Å². The molecule has 0 radical (unpaired) electrons. The molecule has 35 heavy (non-hydrogen) atoms. The van der Waals surface area contributed by atoms with Crippen molar-refractivity contribution >= 4 is 45.0 Å². The molecule has 10 heteroatoms. The number of ketones is 1. The Kier molecular flexibility index (Phi) is 5.85. The third-order valence-electron chi connectivity index (χ3n) is 6.07. The smallest absolute Gasteiger partial charge is 0.219 e. The van der Waals surface area contributed by atoms with Crippen molar-refractivity contribution in [3.8, 4) is 6.07 Å². The van der Waals surface area contributed by atoms with Crippen LogP contribution in [0.25, 0.3) is 11.0 Å². The van der Waals surface area contributed by atoms with E-state index >= 15 is 0 Å². The molecule has 1 aliphatic carbocycles. The second-order valence-electron chi connectivity index (χ2n) is 9.78. The van der Waals surface area contributed by atoms with E-state index in [9.17, 15) is 10.1 Å². The molecule has 1 aromatic carbocycles. The number of fused-ring (bicyclic) bond motifs is 1. The van der Waals surface area contributed by atoms with Gasteiger partial charge in [0.05, 0.1) is 40.5 Å². The molecule has 0 bridgehead atoms. The average molecular weight is 504 g/mol. The van der Waals surface area contributed by atoms with Crippen LogP contribution in [-0.2, 0) is 4.79 Å². The summed E-state index contributed by atoms with van der Waals surface area (Å²) in [5, 5.41) is 19.9. The summed E-state index contributed by atoms with van der Waals surface area (Å²) in [6.45, 7) is 8.31. The first-order valence-electron chi connectivity index (χ1n) is 11.4. The molecule has 2 aromatic heterocycles. The van der Waals surface area contributed by atoms with Crippen LogP contribution >= 0.6 is 23.1 Å². The van der Waals surface area contributed by atoms with Gasteiger partial charge in [0.25, 0.3) is 0 Å². The maximum Gasteiger partial charge on any atom is 0.219 e. The minimum atomic E-state index is -0.676. The summed E-state index contributed by atoms with van der Waals surface area (Å²) in [5.41, 5.74) is 9.99. The molecule has 0 amide bonds. The highest BCUT2D eigenvalue weighted by Gasteiger charge is 2.46. The highest BCUT2D eigenvalue weighted by atomic mass is 32.2. The number of nitrogens with two attached hydrogens (primary N) is 1. The molecule has 1 aliphatic heterocycles. The molecule has 3 heterocycles. The van der Waals surface area contributed by atoms with Gasteiger partial charge in [-0.2, -0.15) is 5.26 Å². The number of allylic oxidation sites excluding steroid dienone is 3. The molecule has 0 saturated carbocycles. The third-order valence-corrected chi connectivity index (χ3v) is 8.06. The maximum absolute atomic E-state index is 13.6. The molecule has 0 spiro atoms. The zero-order valence-electron chi connectivity index (χ0n) is 19.9. The van der Waals surface area contributed by atoms with Gasteiger partial charge < -0.3 is 5.73 Å². The summed E-state index contributed by atoms with van der Waals surface area (Å²) in [6, 6.07) is 9.81. The van der Waals surface area contributed by atoms with E-state index in [1.165, 1.54) is 11.3 Å². The molecule has 5 rings (SSSR count). The lowest BCUT2D eigenvalue weighted by Crippen LogP contribution is -2.42. The topological polar surface area (TPSA) is 122 Å². The van der Waals surface area contributed by atoms with E-state index in [4.69, 9.17) is 10.7 Å². The van der Waals surface area contributed by atoms with Crippen molar-refractivity contribution in [3.05, 3.63) is 58.8 Å². The SMILES string of the molecule is CC(C)Sc1nnc(N2C(N)=C(C#N)[C@H](c3cnc4ccccc4n3)C3=C2CC(C)(C)CC3=O)s1. The maximum atomic E-state index is 13.6. The Bertz CT molecular complexity index is 1450. The number of hydrogen-bond acceptors (Lipinski definition) is 10. The van der Waals surface area contributed by atoms with Crippen LogP contribution in [0.1, 0.15) is 52.1 Å². The van der Waals surface area contributed by atoms with Gasteiger partial charge >= 0.3 is 0 Å². The Hall–Kier alpha value is -3.29. The summed E-state index contributed by atoms with van der Waals surface area (Å²) in [7, 11) is 0. The van der Waals surface area contributed by atoms with Crippen molar-refractivity contribution < 1.29 is 4.79 Å². The van der Waals surface area contributed by atoms with Gasteiger partial charge in [0, 0.05) is 22.9 Å². The molecule has 0 saturated heterocycles. The number of aromatic nitrogens is 4. The molecular weight excluding hydrogens is 478 g/mol. The monoisotopic (exact) mass is 503 g/mol. The van der Waals surface area contributed by atoms with Gasteiger partial charge in [-0.25, -0.2) is 4.98 Å². The standard InChI is InChI=1S/C25H25N7OS2/c1-13(2)34-24-31-30-23(35-24)32-18-9-25(3,4)10-19(33)21(18)20(14(11-26)22(32)27)17-12-28-15-7-5-6-8-16(15)29-17/h5-8,12-13,20H,9-10,27H2,1-4H3/t20-/m1/s1. The van der Waals surface area contributed by atoms with Gasteiger partial charge in [0.1, 0.15) is 5.82 Å². The summed E-state index contributed by atoms with van der Waals surface area (Å²) in [5.74, 6) is -0.430. The quantitative estimate of drug-likeness (QED) is 0.494. The lowest BCUT2D eigenvalue weighted by molar-refractivity contribution is -0.118. The van der Waals surface area contributed by atoms with Crippen LogP contribution in [0.4, 0.5) is 5.13 Å². The lowest BCUT2D eigenvalue weighted by atomic mass is 9.69. The van der Waals surface area contributed by atoms with Crippen molar-refractivity contribution in [3.63, 3.8) is 0 Å². The molecular formula is C25H25N7OS2. The highest BCUT2D eigenvalue weighted by Crippen LogP contribution is 2.50. The van der Waals surface area contributed by atoms with E-state index in [1.807, 2.05) is 24.3 Å². The number of carbonyl (C=O) groups excluding carboxylic acids is 1. The number of rotatable bonds is 4. The van der Waals surface area contributed by atoms with E-state index in [-0.39, 0.29) is 22.6 Å². The van der Waals surface area contributed by atoms with Crippen molar-refractivity contribution in [2.75, 3.05) is 4.90 Å². The zero-order chi connectivity index (χ0) is 24.9. The number of nitrogens with zero attached hydrogens (tertiary/aromatic N) is 6. The highest BCUT2D eigenvalue weighted by molar-refractivity contribution is 8.01. The number of nitriles is 1. The summed E-state index contributed by atoms with van der Waals surface area (Å²) >= 11 is 3.02. The van der Waals surface area contributed by atoms with Crippen LogP contribution in [0.3, 0.4) is 0 Å². The molecule has 8 nitrogen and oxygen atoms in total. The van der Waals surface area contributed by atoms with E-state index < -0.39 is 5.92 Å². The number of thioether (sulfide) groups is 1. The second kappa shape index (κ2) is 8.73. The Morgan fingerprint density at radius 2 is 1.97 bits per heavy atom. The lowest BCUT2D eigenvalue weighted by Gasteiger charge is -2.42. The number of para-hydroxylation sites is 2. The molecule has 3 aromatic rings. The summed E-state index contributed by atoms with van der Waals surface area (Å²) < 4.78 is 0.812. The van der Waals surface area contributed by atoms with Crippen LogP contribution < -0.4 is 10.6 Å². The number of carbonyl (C=O) groups is 1. The largest absolute Gasteiger partial charge is 0.384 e. The fourth-order valence-electron chi connectivity index (χ4n) is 4.68. The average Bonchev–Trinajstić information content (AvgIpc) is 3.24. The molecule has 0 fully saturated rings. The minimum absolute atomic E-state index is 0.0113. The minimum Gasteiger partial charge on any atom is -0.384 e. The number of hydrogen-bond donors (Lipinski definition) is 1. The van der Waals surface area contributed by atoms with E-state index in [0.29, 0.717) is 40.0 Å². The van der Waals surface area contributed by atoms with Gasteiger partial charge in [0.15, 0.2) is 10.1 Å². The molecule has 178 valence electrons. The molecule has 2 aliphatic rings. The predicted molar refractivity (Wildman–Crippen MR) is 138 cm³/mol. The summed E-state index contributed by atoms with van der Waals surface area (Å²) in [6.07, 6.45) is 2.63. The van der Waals surface area contributed by atoms with Crippen molar-refractivity contribution in [1.82, 2.24) is 20.2 Å². The van der Waals surface area contributed by atoms with E-state index in [2.05, 4.69) is 48.9 Å². The molecule has 1 atom stereocenters. The van der Waals surface area contributed by atoms with Crippen LogP contribution in [0.15, 0.2) is 57.5 Å². The Morgan fingerprint density at radius 1 is 1.23 bits per heavy atom. The Morgan fingerprint density at radius 3 is 2.69 bits per heavy atom. The van der Waals surface area contributed by atoms with Crippen molar-refractivity contribution in [2.45, 2.75) is 56.0 Å².